The Balaban J connectivity index is 1.88. The van der Waals surface area contributed by atoms with Gasteiger partial charge >= 0.3 is 0 Å². The van der Waals surface area contributed by atoms with Crippen LogP contribution in [0.3, 0.4) is 0 Å². The summed E-state index contributed by atoms with van der Waals surface area (Å²) >= 11 is 3.25. The van der Waals surface area contributed by atoms with Gasteiger partial charge in [0.2, 0.25) is 21.8 Å². The molecular formula is C18H20BrN3O4S. The van der Waals surface area contributed by atoms with Crippen LogP contribution in [-0.4, -0.2) is 44.7 Å². The van der Waals surface area contributed by atoms with E-state index in [-0.39, 0.29) is 11.4 Å². The number of nitrogens with one attached hydrogen (secondary N) is 1. The van der Waals surface area contributed by atoms with Crippen molar-refractivity contribution in [3.05, 3.63) is 64.1 Å². The Labute approximate surface area is 166 Å². The number of sulfonamides is 1. The molecule has 0 atom stereocenters. The normalized spacial score (nSPS) is 11.4. The first-order valence-corrected chi connectivity index (χ1v) is 10.3. The van der Waals surface area contributed by atoms with Crippen LogP contribution in [0.4, 0.5) is 0 Å². The number of nitrogens with two attached hydrogens (primary N) is 1. The molecule has 2 rings (SSSR count). The lowest BCUT2D eigenvalue weighted by Crippen LogP contribution is -2.39. The van der Waals surface area contributed by atoms with Gasteiger partial charge in [-0.05, 0) is 48.4 Å². The van der Waals surface area contributed by atoms with Gasteiger partial charge in [0.1, 0.15) is 0 Å². The van der Waals surface area contributed by atoms with Crippen molar-refractivity contribution in [2.75, 3.05) is 20.1 Å². The number of amides is 2. The van der Waals surface area contributed by atoms with Crippen LogP contribution >= 0.6 is 15.9 Å². The van der Waals surface area contributed by atoms with Crippen LogP contribution in [0.15, 0.2) is 57.9 Å². The summed E-state index contributed by atoms with van der Waals surface area (Å²) in [7, 11) is -2.39. The highest BCUT2D eigenvalue weighted by atomic mass is 79.9. The molecule has 0 aliphatic rings. The van der Waals surface area contributed by atoms with E-state index in [0.717, 1.165) is 14.3 Å². The lowest BCUT2D eigenvalue weighted by atomic mass is 10.1. The molecule has 0 aliphatic carbocycles. The van der Waals surface area contributed by atoms with Crippen LogP contribution in [0.2, 0.25) is 0 Å². The molecule has 0 spiro atoms. The van der Waals surface area contributed by atoms with E-state index < -0.39 is 21.8 Å². The third-order valence-electron chi connectivity index (χ3n) is 3.84. The van der Waals surface area contributed by atoms with Crippen LogP contribution in [0.25, 0.3) is 0 Å². The van der Waals surface area contributed by atoms with Gasteiger partial charge in [0.25, 0.3) is 0 Å². The minimum absolute atomic E-state index is 0.115. The number of hydrogen-bond donors (Lipinski definition) is 2. The molecule has 0 saturated heterocycles. The molecule has 7 nitrogen and oxygen atoms in total. The van der Waals surface area contributed by atoms with E-state index >= 15 is 0 Å². The Morgan fingerprint density at radius 2 is 1.81 bits per heavy atom. The fraction of sp³-hybridized carbons (Fsp3) is 0.222. The third kappa shape index (κ3) is 5.88. The second-order valence-corrected chi connectivity index (χ2v) is 8.84. The zero-order chi connectivity index (χ0) is 20.0. The van der Waals surface area contributed by atoms with Gasteiger partial charge in [-0.15, -0.1) is 0 Å². The maximum absolute atomic E-state index is 12.5. The highest BCUT2D eigenvalue weighted by molar-refractivity contribution is 9.10. The van der Waals surface area contributed by atoms with Crippen LogP contribution in [0.5, 0.6) is 0 Å². The third-order valence-corrected chi connectivity index (χ3v) is 6.18. The van der Waals surface area contributed by atoms with Gasteiger partial charge in [-0.2, -0.15) is 4.31 Å². The summed E-state index contributed by atoms with van der Waals surface area (Å²) in [4.78, 5) is 23.3. The number of benzene rings is 2. The zero-order valence-electron chi connectivity index (χ0n) is 14.7. The quantitative estimate of drug-likeness (QED) is 0.631. The molecular weight excluding hydrogens is 434 g/mol. The zero-order valence-corrected chi connectivity index (χ0v) is 17.1. The Morgan fingerprint density at radius 3 is 2.44 bits per heavy atom. The van der Waals surface area contributed by atoms with Crippen LogP contribution in [0.1, 0.15) is 15.9 Å². The number of halogens is 1. The van der Waals surface area contributed by atoms with Crippen molar-refractivity contribution < 1.29 is 18.0 Å². The van der Waals surface area contributed by atoms with Gasteiger partial charge in [-0.1, -0.05) is 28.1 Å². The molecule has 0 aliphatic heterocycles. The Hall–Kier alpha value is -2.23. The van der Waals surface area contributed by atoms with Crippen LogP contribution < -0.4 is 11.1 Å². The molecule has 2 aromatic rings. The highest BCUT2D eigenvalue weighted by Gasteiger charge is 2.22. The summed E-state index contributed by atoms with van der Waals surface area (Å²) in [6.45, 7) is 0.0208. The summed E-state index contributed by atoms with van der Waals surface area (Å²) in [5.41, 5.74) is 6.49. The monoisotopic (exact) mass is 453 g/mol. The molecule has 0 unspecified atom stereocenters. The maximum atomic E-state index is 12.5. The van der Waals surface area contributed by atoms with E-state index in [1.165, 1.54) is 19.2 Å². The summed E-state index contributed by atoms with van der Waals surface area (Å²) in [5, 5.41) is 2.67. The molecule has 0 fully saturated rings. The van der Waals surface area contributed by atoms with Crippen LogP contribution in [-0.2, 0) is 21.2 Å². The summed E-state index contributed by atoms with van der Waals surface area (Å²) < 4.78 is 26.7. The van der Waals surface area contributed by atoms with Gasteiger partial charge in [0.15, 0.2) is 0 Å². The Bertz CT molecular complexity index is 930. The summed E-state index contributed by atoms with van der Waals surface area (Å²) in [6, 6.07) is 13.0. The molecule has 3 N–H and O–H groups in total. The highest BCUT2D eigenvalue weighted by Crippen LogP contribution is 2.17. The van der Waals surface area contributed by atoms with E-state index in [1.807, 2.05) is 6.07 Å². The van der Waals surface area contributed by atoms with E-state index in [0.29, 0.717) is 18.5 Å². The van der Waals surface area contributed by atoms with Crippen molar-refractivity contribution in [3.63, 3.8) is 0 Å². The van der Waals surface area contributed by atoms with E-state index in [4.69, 9.17) is 5.73 Å². The smallest absolute Gasteiger partial charge is 0.248 e. The average molecular weight is 454 g/mol. The number of carbonyl (C=O) groups is 2. The molecule has 2 amide bonds. The molecule has 27 heavy (non-hydrogen) atoms. The Kier molecular flexibility index (Phi) is 7.11. The summed E-state index contributed by atoms with van der Waals surface area (Å²) in [5.74, 6) is -0.926. The first-order chi connectivity index (χ1) is 12.7. The van der Waals surface area contributed by atoms with Crippen molar-refractivity contribution in [1.29, 1.82) is 0 Å². The van der Waals surface area contributed by atoms with Crippen molar-refractivity contribution in [2.45, 2.75) is 11.3 Å². The maximum Gasteiger partial charge on any atom is 0.248 e. The van der Waals surface area contributed by atoms with Gasteiger partial charge in [0, 0.05) is 23.6 Å². The van der Waals surface area contributed by atoms with Crippen LogP contribution in [0, 0.1) is 0 Å². The lowest BCUT2D eigenvalue weighted by molar-refractivity contribution is -0.121. The van der Waals surface area contributed by atoms with Gasteiger partial charge in [-0.3, -0.25) is 9.59 Å². The number of hydrogen-bond acceptors (Lipinski definition) is 4. The average Bonchev–Trinajstić information content (AvgIpc) is 2.62. The number of likely N-dealkylation sites (N-methyl/N-ethyl adjacent to an activating group) is 1. The molecule has 0 heterocycles. The predicted octanol–water partition coefficient (Wildman–Crippen LogP) is 1.53. The second-order valence-electron chi connectivity index (χ2n) is 5.88. The Morgan fingerprint density at radius 1 is 1.15 bits per heavy atom. The molecule has 0 bridgehead atoms. The molecule has 0 radical (unpaired) electrons. The standard InChI is InChI=1S/C18H20BrN3O4S/c1-22(27(25,26)16-7-5-15(19)6-8-16)12-17(23)21-10-9-13-3-2-4-14(11-13)18(20)24/h2-8,11H,9-10,12H2,1H3,(H2,20,24)(H,21,23). The van der Waals surface area contributed by atoms with Crippen molar-refractivity contribution in [2.24, 2.45) is 5.73 Å². The topological polar surface area (TPSA) is 110 Å². The van der Waals surface area contributed by atoms with Crippen molar-refractivity contribution in [3.8, 4) is 0 Å². The first kappa shape index (κ1) is 21.1. The van der Waals surface area contributed by atoms with Gasteiger partial charge in [-0.25, -0.2) is 8.42 Å². The fourth-order valence-electron chi connectivity index (χ4n) is 2.36. The molecule has 9 heteroatoms. The summed E-state index contributed by atoms with van der Waals surface area (Å²) in [6.07, 6.45) is 0.496. The van der Waals surface area contributed by atoms with Crippen molar-refractivity contribution >= 4 is 37.8 Å². The van der Waals surface area contributed by atoms with Crippen molar-refractivity contribution in [1.82, 2.24) is 9.62 Å². The minimum Gasteiger partial charge on any atom is -0.366 e. The number of carbonyl (C=O) groups excluding carboxylic acids is 2. The van der Waals surface area contributed by atoms with E-state index in [2.05, 4.69) is 21.2 Å². The molecule has 2 aromatic carbocycles. The van der Waals surface area contributed by atoms with Gasteiger partial charge < -0.3 is 11.1 Å². The largest absolute Gasteiger partial charge is 0.366 e. The molecule has 0 aromatic heterocycles. The number of nitrogens with zero attached hydrogens (tertiary/aromatic N) is 1. The SMILES string of the molecule is CN(CC(=O)NCCc1cccc(C(N)=O)c1)S(=O)(=O)c1ccc(Br)cc1. The number of primary amides is 1. The molecule has 144 valence electrons. The second kappa shape index (κ2) is 9.12. The van der Waals surface area contributed by atoms with Gasteiger partial charge in [0.05, 0.1) is 11.4 Å². The lowest BCUT2D eigenvalue weighted by Gasteiger charge is -2.17. The first-order valence-electron chi connectivity index (χ1n) is 8.07. The minimum atomic E-state index is -3.74. The number of rotatable bonds is 8. The van der Waals surface area contributed by atoms with E-state index in [9.17, 15) is 18.0 Å². The molecule has 0 saturated carbocycles. The predicted molar refractivity (Wildman–Crippen MR) is 106 cm³/mol. The van der Waals surface area contributed by atoms with E-state index in [1.54, 1.807) is 30.3 Å². The fourth-order valence-corrected chi connectivity index (χ4v) is 3.75.